The number of nitrogens with two attached hydrogens (primary N) is 1. The van der Waals surface area contributed by atoms with E-state index in [1.165, 1.54) is 18.5 Å². The molecule has 2 bridgehead atoms. The number of piperidine rings is 2. The predicted octanol–water partition coefficient (Wildman–Crippen LogP) is 2.51. The fourth-order valence-corrected chi connectivity index (χ4v) is 3.37. The van der Waals surface area contributed by atoms with Crippen LogP contribution in [0.25, 0.3) is 0 Å². The standard InChI is InChI=1S/C13H17ClN2/c14-11-2-1-3-12(6-11)16-8-9-4-10(5-9)13(16)7-15/h1-3,6,9-10,13H,4-5,7-8,15H2. The van der Waals surface area contributed by atoms with E-state index in [9.17, 15) is 0 Å². The van der Waals surface area contributed by atoms with E-state index in [1.54, 1.807) is 0 Å². The second-order valence-electron chi connectivity index (χ2n) is 5.03. The Hall–Kier alpha value is -0.730. The first-order valence-corrected chi connectivity index (χ1v) is 6.38. The molecule has 2 nitrogen and oxygen atoms in total. The fraction of sp³-hybridized carbons (Fsp3) is 0.538. The smallest absolute Gasteiger partial charge is 0.0440 e. The predicted molar refractivity (Wildman–Crippen MR) is 67.9 cm³/mol. The Morgan fingerprint density at radius 1 is 1.38 bits per heavy atom. The number of hydrogen-bond donors (Lipinski definition) is 1. The summed E-state index contributed by atoms with van der Waals surface area (Å²) in [5.74, 6) is 1.69. The molecule has 0 radical (unpaired) electrons. The van der Waals surface area contributed by atoms with E-state index in [4.69, 9.17) is 17.3 Å². The second kappa shape index (κ2) is 3.94. The van der Waals surface area contributed by atoms with E-state index in [2.05, 4.69) is 17.0 Å². The number of fused-ring (bicyclic) bond motifs is 2. The largest absolute Gasteiger partial charge is 0.367 e. The Kier molecular flexibility index (Phi) is 2.56. The normalized spacial score (nSPS) is 32.4. The minimum Gasteiger partial charge on any atom is -0.367 e. The topological polar surface area (TPSA) is 29.3 Å². The summed E-state index contributed by atoms with van der Waals surface area (Å²) in [6, 6.07) is 8.65. The van der Waals surface area contributed by atoms with Crippen molar-refractivity contribution in [2.45, 2.75) is 18.9 Å². The van der Waals surface area contributed by atoms with Gasteiger partial charge in [-0.1, -0.05) is 17.7 Å². The Morgan fingerprint density at radius 2 is 2.19 bits per heavy atom. The summed E-state index contributed by atoms with van der Waals surface area (Å²) in [7, 11) is 0. The van der Waals surface area contributed by atoms with Crippen LogP contribution in [0.4, 0.5) is 5.69 Å². The number of anilines is 1. The number of rotatable bonds is 2. The van der Waals surface area contributed by atoms with Crippen LogP contribution in [0.2, 0.25) is 5.02 Å². The van der Waals surface area contributed by atoms with Crippen molar-refractivity contribution in [1.29, 1.82) is 0 Å². The molecule has 0 amide bonds. The van der Waals surface area contributed by atoms with Gasteiger partial charge in [-0.25, -0.2) is 0 Å². The summed E-state index contributed by atoms with van der Waals surface area (Å²) in [6.45, 7) is 1.91. The van der Waals surface area contributed by atoms with Crippen molar-refractivity contribution in [3.63, 3.8) is 0 Å². The van der Waals surface area contributed by atoms with Crippen molar-refractivity contribution in [3.05, 3.63) is 29.3 Å². The maximum atomic E-state index is 6.04. The summed E-state index contributed by atoms with van der Waals surface area (Å²) < 4.78 is 0. The second-order valence-corrected chi connectivity index (χ2v) is 5.47. The summed E-state index contributed by atoms with van der Waals surface area (Å²) >= 11 is 6.04. The average molecular weight is 237 g/mol. The molecule has 1 atom stereocenters. The molecule has 86 valence electrons. The van der Waals surface area contributed by atoms with Gasteiger partial charge in [0.2, 0.25) is 0 Å². The van der Waals surface area contributed by atoms with Crippen LogP contribution in [0.1, 0.15) is 12.8 Å². The van der Waals surface area contributed by atoms with Gasteiger partial charge in [0, 0.05) is 29.8 Å². The monoisotopic (exact) mass is 236 g/mol. The van der Waals surface area contributed by atoms with Gasteiger partial charge in [-0.05, 0) is 42.9 Å². The van der Waals surface area contributed by atoms with Crippen molar-refractivity contribution < 1.29 is 0 Å². The Morgan fingerprint density at radius 3 is 2.88 bits per heavy atom. The Labute approximate surface area is 101 Å². The maximum Gasteiger partial charge on any atom is 0.0440 e. The van der Waals surface area contributed by atoms with Gasteiger partial charge < -0.3 is 10.6 Å². The summed E-state index contributed by atoms with van der Waals surface area (Å²) in [6.07, 6.45) is 2.75. The van der Waals surface area contributed by atoms with E-state index in [0.29, 0.717) is 6.04 Å². The van der Waals surface area contributed by atoms with Crippen LogP contribution in [0, 0.1) is 11.8 Å². The molecule has 3 fully saturated rings. The van der Waals surface area contributed by atoms with Gasteiger partial charge in [0.25, 0.3) is 0 Å². The highest BCUT2D eigenvalue weighted by Gasteiger charge is 2.43. The van der Waals surface area contributed by atoms with Crippen molar-refractivity contribution in [1.82, 2.24) is 0 Å². The van der Waals surface area contributed by atoms with E-state index in [0.717, 1.165) is 29.9 Å². The molecule has 3 aliphatic rings. The highest BCUT2D eigenvalue weighted by Crippen LogP contribution is 2.45. The lowest BCUT2D eigenvalue weighted by Crippen LogP contribution is -2.58. The third-order valence-electron chi connectivity index (χ3n) is 4.05. The molecule has 2 saturated heterocycles. The number of nitrogens with zero attached hydrogens (tertiary/aromatic N) is 1. The van der Waals surface area contributed by atoms with Crippen LogP contribution >= 0.6 is 11.6 Å². The molecule has 0 aromatic heterocycles. The Balaban J connectivity index is 1.88. The fourth-order valence-electron chi connectivity index (χ4n) is 3.19. The lowest BCUT2D eigenvalue weighted by Gasteiger charge is -2.54. The third-order valence-corrected chi connectivity index (χ3v) is 4.29. The maximum absolute atomic E-state index is 6.04. The van der Waals surface area contributed by atoms with Gasteiger partial charge in [0.05, 0.1) is 0 Å². The number of benzene rings is 1. The molecule has 4 rings (SSSR count). The quantitative estimate of drug-likeness (QED) is 0.855. The number of halogens is 1. The summed E-state index contributed by atoms with van der Waals surface area (Å²) in [4.78, 5) is 2.45. The molecule has 16 heavy (non-hydrogen) atoms. The molecule has 1 aromatic carbocycles. The first-order chi connectivity index (χ1) is 7.78. The van der Waals surface area contributed by atoms with Crippen LogP contribution in [0.3, 0.4) is 0 Å². The number of hydrogen-bond acceptors (Lipinski definition) is 2. The van der Waals surface area contributed by atoms with Gasteiger partial charge in [0.15, 0.2) is 0 Å². The molecule has 1 aromatic rings. The van der Waals surface area contributed by atoms with E-state index >= 15 is 0 Å². The van der Waals surface area contributed by atoms with Gasteiger partial charge in [-0.15, -0.1) is 0 Å². The zero-order chi connectivity index (χ0) is 11.1. The zero-order valence-electron chi connectivity index (χ0n) is 9.27. The molecule has 2 N–H and O–H groups in total. The molecule has 1 aliphatic carbocycles. The first kappa shape index (κ1) is 10.4. The van der Waals surface area contributed by atoms with E-state index in [1.807, 2.05) is 12.1 Å². The highest BCUT2D eigenvalue weighted by atomic mass is 35.5. The van der Waals surface area contributed by atoms with Gasteiger partial charge in [0.1, 0.15) is 0 Å². The molecular formula is C13H17ClN2. The molecule has 1 unspecified atom stereocenters. The van der Waals surface area contributed by atoms with Gasteiger partial charge in [-0.2, -0.15) is 0 Å². The lowest BCUT2D eigenvalue weighted by molar-refractivity contribution is 0.114. The van der Waals surface area contributed by atoms with Gasteiger partial charge in [-0.3, -0.25) is 0 Å². The minimum atomic E-state index is 0.517. The lowest BCUT2D eigenvalue weighted by atomic mass is 9.66. The Bertz CT molecular complexity index is 387. The van der Waals surface area contributed by atoms with E-state index < -0.39 is 0 Å². The molecular weight excluding hydrogens is 220 g/mol. The third kappa shape index (κ3) is 1.61. The van der Waals surface area contributed by atoms with Crippen molar-refractivity contribution in [3.8, 4) is 0 Å². The van der Waals surface area contributed by atoms with Crippen LogP contribution in [0.15, 0.2) is 24.3 Å². The molecule has 3 heteroatoms. The molecule has 0 spiro atoms. The zero-order valence-corrected chi connectivity index (χ0v) is 10.0. The average Bonchev–Trinajstić information content (AvgIpc) is 2.27. The van der Waals surface area contributed by atoms with E-state index in [-0.39, 0.29) is 0 Å². The van der Waals surface area contributed by atoms with Gasteiger partial charge >= 0.3 is 0 Å². The minimum absolute atomic E-state index is 0.517. The van der Waals surface area contributed by atoms with Crippen molar-refractivity contribution in [2.24, 2.45) is 17.6 Å². The molecule has 2 aliphatic heterocycles. The molecule has 2 heterocycles. The van der Waals surface area contributed by atoms with Crippen LogP contribution in [-0.4, -0.2) is 19.1 Å². The SMILES string of the molecule is NCC1C2CC(C2)CN1c1cccc(Cl)c1. The summed E-state index contributed by atoms with van der Waals surface area (Å²) in [5.41, 5.74) is 7.14. The van der Waals surface area contributed by atoms with Crippen LogP contribution in [-0.2, 0) is 0 Å². The summed E-state index contributed by atoms with van der Waals surface area (Å²) in [5, 5.41) is 0.813. The van der Waals surface area contributed by atoms with Crippen molar-refractivity contribution in [2.75, 3.05) is 18.0 Å². The van der Waals surface area contributed by atoms with Crippen molar-refractivity contribution >= 4 is 17.3 Å². The first-order valence-electron chi connectivity index (χ1n) is 6.00. The van der Waals surface area contributed by atoms with Crippen LogP contribution in [0.5, 0.6) is 0 Å². The highest BCUT2D eigenvalue weighted by molar-refractivity contribution is 6.30. The molecule has 1 saturated carbocycles. The van der Waals surface area contributed by atoms with Crippen LogP contribution < -0.4 is 10.6 Å².